The summed E-state index contributed by atoms with van der Waals surface area (Å²) in [6.07, 6.45) is 0. The predicted octanol–water partition coefficient (Wildman–Crippen LogP) is 2.63. The molecule has 0 radical (unpaired) electrons. The third kappa shape index (κ3) is 5.10. The molecule has 1 fully saturated rings. The van der Waals surface area contributed by atoms with Crippen molar-refractivity contribution in [3.8, 4) is 0 Å². The van der Waals surface area contributed by atoms with E-state index in [1.807, 2.05) is 31.2 Å². The van der Waals surface area contributed by atoms with Crippen LogP contribution in [0.2, 0.25) is 0 Å². The van der Waals surface area contributed by atoms with Crippen molar-refractivity contribution >= 4 is 10.0 Å². The van der Waals surface area contributed by atoms with E-state index in [1.165, 1.54) is 0 Å². The molecule has 1 atom stereocenters. The summed E-state index contributed by atoms with van der Waals surface area (Å²) in [7, 11) is -4.17. The quantitative estimate of drug-likeness (QED) is 0.816. The number of nitrogens with zero attached hydrogens (tertiary/aromatic N) is 1. The van der Waals surface area contributed by atoms with Crippen molar-refractivity contribution < 1.29 is 21.9 Å². The molecule has 0 amide bonds. The van der Waals surface area contributed by atoms with Gasteiger partial charge in [0.2, 0.25) is 10.0 Å². The van der Waals surface area contributed by atoms with Gasteiger partial charge in [0.05, 0.1) is 19.3 Å². The number of morpholine rings is 1. The van der Waals surface area contributed by atoms with E-state index in [9.17, 15) is 17.2 Å². The Morgan fingerprint density at radius 2 is 1.78 bits per heavy atom. The molecule has 1 heterocycles. The van der Waals surface area contributed by atoms with Crippen LogP contribution in [0.1, 0.15) is 17.2 Å². The number of ether oxygens (including phenoxy) is 1. The standard InChI is InChI=1S/C19H22F2N2O3S/c1-14-2-4-15(5-3-14)18(13-23-8-10-26-11-9-23)22-27(24,25)19-7-6-16(20)12-17(19)21/h2-7,12,18,22H,8-11,13H2,1H3/t18-/m0/s1. The van der Waals surface area contributed by atoms with Gasteiger partial charge in [-0.05, 0) is 24.6 Å². The maximum absolute atomic E-state index is 14.0. The Morgan fingerprint density at radius 1 is 1.11 bits per heavy atom. The molecule has 0 saturated carbocycles. The first-order valence-electron chi connectivity index (χ1n) is 8.69. The van der Waals surface area contributed by atoms with Crippen LogP contribution in [0, 0.1) is 18.6 Å². The average Bonchev–Trinajstić information content (AvgIpc) is 2.62. The molecule has 0 unspecified atom stereocenters. The summed E-state index contributed by atoms with van der Waals surface area (Å²) in [5.74, 6) is -1.94. The molecule has 0 spiro atoms. The molecule has 2 aromatic rings. The third-order valence-corrected chi connectivity index (χ3v) is 6.01. The Balaban J connectivity index is 1.88. The number of sulfonamides is 1. The maximum Gasteiger partial charge on any atom is 0.244 e. The number of aryl methyl sites for hydroxylation is 1. The summed E-state index contributed by atoms with van der Waals surface area (Å²) in [5, 5.41) is 0. The van der Waals surface area contributed by atoms with Crippen LogP contribution in [0.4, 0.5) is 8.78 Å². The van der Waals surface area contributed by atoms with Crippen molar-refractivity contribution in [1.29, 1.82) is 0 Å². The number of rotatable bonds is 6. The van der Waals surface area contributed by atoms with Gasteiger partial charge < -0.3 is 4.74 Å². The third-order valence-electron chi connectivity index (χ3n) is 4.51. The SMILES string of the molecule is Cc1ccc([C@H](CN2CCOCC2)NS(=O)(=O)c2ccc(F)cc2F)cc1. The second kappa shape index (κ2) is 8.43. The van der Waals surface area contributed by atoms with Gasteiger partial charge in [0.15, 0.2) is 0 Å². The van der Waals surface area contributed by atoms with Crippen LogP contribution in [-0.2, 0) is 14.8 Å². The lowest BCUT2D eigenvalue weighted by Crippen LogP contribution is -2.43. The summed E-state index contributed by atoms with van der Waals surface area (Å²) in [4.78, 5) is 1.53. The summed E-state index contributed by atoms with van der Waals surface area (Å²) in [6.45, 7) is 4.91. The molecule has 0 bridgehead atoms. The lowest BCUT2D eigenvalue weighted by atomic mass is 10.1. The molecule has 1 aliphatic heterocycles. The highest BCUT2D eigenvalue weighted by molar-refractivity contribution is 7.89. The Bertz CT molecular complexity index is 882. The molecular formula is C19H22F2N2O3S. The van der Waals surface area contributed by atoms with Gasteiger partial charge in [0.1, 0.15) is 16.5 Å². The first kappa shape index (κ1) is 19.9. The molecule has 0 aromatic heterocycles. The van der Waals surface area contributed by atoms with Crippen LogP contribution in [0.5, 0.6) is 0 Å². The number of nitrogens with one attached hydrogen (secondary N) is 1. The number of hydrogen-bond acceptors (Lipinski definition) is 4. The van der Waals surface area contributed by atoms with E-state index in [2.05, 4.69) is 9.62 Å². The zero-order valence-corrected chi connectivity index (χ0v) is 15.8. The van der Waals surface area contributed by atoms with Crippen molar-refractivity contribution in [2.75, 3.05) is 32.8 Å². The smallest absolute Gasteiger partial charge is 0.244 e. The highest BCUT2D eigenvalue weighted by Gasteiger charge is 2.26. The summed E-state index contributed by atoms with van der Waals surface area (Å²) in [5.41, 5.74) is 1.83. The Kier molecular flexibility index (Phi) is 6.21. The Morgan fingerprint density at radius 3 is 2.41 bits per heavy atom. The van der Waals surface area contributed by atoms with E-state index in [4.69, 9.17) is 4.74 Å². The van der Waals surface area contributed by atoms with Crippen LogP contribution >= 0.6 is 0 Å². The molecule has 1 saturated heterocycles. The lowest BCUT2D eigenvalue weighted by Gasteiger charge is -2.31. The minimum Gasteiger partial charge on any atom is -0.379 e. The van der Waals surface area contributed by atoms with Crippen molar-refractivity contribution in [1.82, 2.24) is 9.62 Å². The average molecular weight is 396 g/mol. The zero-order valence-electron chi connectivity index (χ0n) is 15.0. The van der Waals surface area contributed by atoms with Crippen molar-refractivity contribution in [3.05, 3.63) is 65.2 Å². The number of hydrogen-bond donors (Lipinski definition) is 1. The molecule has 1 aliphatic rings. The van der Waals surface area contributed by atoms with Crippen molar-refractivity contribution in [2.24, 2.45) is 0 Å². The Labute approximate surface area is 158 Å². The zero-order chi connectivity index (χ0) is 19.4. The van der Waals surface area contributed by atoms with Crippen molar-refractivity contribution in [2.45, 2.75) is 17.9 Å². The Hall–Kier alpha value is -1.87. The van der Waals surface area contributed by atoms with Crippen molar-refractivity contribution in [3.63, 3.8) is 0 Å². The van der Waals surface area contributed by atoms with Gasteiger partial charge in [-0.15, -0.1) is 0 Å². The fourth-order valence-corrected chi connectivity index (χ4v) is 4.27. The topological polar surface area (TPSA) is 58.6 Å². The maximum atomic E-state index is 14.0. The number of halogens is 2. The van der Waals surface area contributed by atoms with E-state index in [0.717, 1.165) is 23.3 Å². The molecule has 5 nitrogen and oxygen atoms in total. The summed E-state index contributed by atoms with van der Waals surface area (Å²) < 4.78 is 60.6. The molecular weight excluding hydrogens is 374 g/mol. The van der Waals surface area contributed by atoms with E-state index in [1.54, 1.807) is 0 Å². The summed E-state index contributed by atoms with van der Waals surface area (Å²) in [6, 6.07) is 9.36. The van der Waals surface area contributed by atoms with Gasteiger partial charge in [-0.2, -0.15) is 0 Å². The molecule has 146 valence electrons. The highest BCUT2D eigenvalue weighted by atomic mass is 32.2. The normalized spacial score (nSPS) is 17.0. The van der Waals surface area contributed by atoms with Gasteiger partial charge in [0, 0.05) is 25.7 Å². The molecule has 0 aliphatic carbocycles. The highest BCUT2D eigenvalue weighted by Crippen LogP contribution is 2.22. The van der Waals surface area contributed by atoms with E-state index < -0.39 is 32.6 Å². The van der Waals surface area contributed by atoms with Gasteiger partial charge in [0.25, 0.3) is 0 Å². The number of benzene rings is 2. The van der Waals surface area contributed by atoms with Crippen LogP contribution in [0.15, 0.2) is 47.4 Å². The van der Waals surface area contributed by atoms with Gasteiger partial charge in [-0.3, -0.25) is 4.90 Å². The van der Waals surface area contributed by atoms with Crippen LogP contribution < -0.4 is 4.72 Å². The minimum absolute atomic E-state index is 0.425. The van der Waals surface area contributed by atoms with Gasteiger partial charge in [-0.1, -0.05) is 29.8 Å². The molecule has 1 N–H and O–H groups in total. The fraction of sp³-hybridized carbons (Fsp3) is 0.368. The van der Waals surface area contributed by atoms with E-state index >= 15 is 0 Å². The fourth-order valence-electron chi connectivity index (χ4n) is 3.00. The monoisotopic (exact) mass is 396 g/mol. The molecule has 2 aromatic carbocycles. The van der Waals surface area contributed by atoms with Gasteiger partial charge in [-0.25, -0.2) is 21.9 Å². The summed E-state index contributed by atoms with van der Waals surface area (Å²) >= 11 is 0. The lowest BCUT2D eigenvalue weighted by molar-refractivity contribution is 0.0345. The second-order valence-corrected chi connectivity index (χ2v) is 8.25. The second-order valence-electron chi connectivity index (χ2n) is 6.57. The van der Waals surface area contributed by atoms with Crippen LogP contribution in [0.3, 0.4) is 0 Å². The first-order valence-corrected chi connectivity index (χ1v) is 10.2. The largest absolute Gasteiger partial charge is 0.379 e. The van der Waals surface area contributed by atoms with Crippen LogP contribution in [0.25, 0.3) is 0 Å². The molecule has 8 heteroatoms. The molecule has 27 heavy (non-hydrogen) atoms. The van der Waals surface area contributed by atoms with Crippen LogP contribution in [-0.4, -0.2) is 46.2 Å². The van der Waals surface area contributed by atoms with E-state index in [-0.39, 0.29) is 0 Å². The minimum atomic E-state index is -4.17. The molecule has 3 rings (SSSR count). The van der Waals surface area contributed by atoms with E-state index in [0.29, 0.717) is 38.9 Å². The first-order chi connectivity index (χ1) is 12.8. The van der Waals surface area contributed by atoms with Gasteiger partial charge >= 0.3 is 0 Å². The predicted molar refractivity (Wildman–Crippen MR) is 97.9 cm³/mol.